The standard InChI is InChI=1S/C26H32N2O4/c1-29-23-9-7-19-17-27(15-11-21(19)25(23)31-3)13-5-6-14-28-16-12-22-20(18-28)8-10-24(30-2)26(22)32-4/h7-10H,11-18H2,1-4H3. The van der Waals surface area contributed by atoms with Crippen molar-refractivity contribution in [3.05, 3.63) is 46.5 Å². The summed E-state index contributed by atoms with van der Waals surface area (Å²) in [5, 5.41) is 0. The van der Waals surface area contributed by atoms with Gasteiger partial charge in [0.15, 0.2) is 23.0 Å². The minimum atomic E-state index is 0.781. The quantitative estimate of drug-likeness (QED) is 0.649. The molecule has 0 aliphatic carbocycles. The molecular weight excluding hydrogens is 404 g/mol. The van der Waals surface area contributed by atoms with Crippen LogP contribution in [-0.4, -0.2) is 64.4 Å². The van der Waals surface area contributed by atoms with Gasteiger partial charge in [-0.3, -0.25) is 9.80 Å². The van der Waals surface area contributed by atoms with Gasteiger partial charge >= 0.3 is 0 Å². The highest BCUT2D eigenvalue weighted by Crippen LogP contribution is 2.37. The lowest BCUT2D eigenvalue weighted by Gasteiger charge is -2.29. The van der Waals surface area contributed by atoms with Crippen LogP contribution >= 0.6 is 0 Å². The largest absolute Gasteiger partial charge is 0.493 e. The third kappa shape index (κ3) is 4.50. The Morgan fingerprint density at radius 2 is 1.09 bits per heavy atom. The first-order valence-corrected chi connectivity index (χ1v) is 11.0. The average Bonchev–Trinajstić information content (AvgIpc) is 2.84. The molecule has 170 valence electrons. The van der Waals surface area contributed by atoms with Crippen LogP contribution < -0.4 is 18.9 Å². The van der Waals surface area contributed by atoms with Gasteiger partial charge in [0.05, 0.1) is 41.5 Å². The van der Waals surface area contributed by atoms with E-state index in [0.717, 1.165) is 75.1 Å². The minimum absolute atomic E-state index is 0.781. The summed E-state index contributed by atoms with van der Waals surface area (Å²) in [5.41, 5.74) is 5.12. The van der Waals surface area contributed by atoms with Gasteiger partial charge in [-0.1, -0.05) is 24.0 Å². The molecule has 0 N–H and O–H groups in total. The van der Waals surface area contributed by atoms with E-state index in [0.29, 0.717) is 0 Å². The topological polar surface area (TPSA) is 43.4 Å². The summed E-state index contributed by atoms with van der Waals surface area (Å²) < 4.78 is 22.1. The van der Waals surface area contributed by atoms with E-state index < -0.39 is 0 Å². The molecule has 2 aromatic rings. The lowest BCUT2D eigenvalue weighted by Crippen LogP contribution is -2.32. The van der Waals surface area contributed by atoms with Crippen LogP contribution in [0.4, 0.5) is 0 Å². The fourth-order valence-electron chi connectivity index (χ4n) is 4.69. The van der Waals surface area contributed by atoms with Gasteiger partial charge in [-0.25, -0.2) is 0 Å². The third-order valence-corrected chi connectivity index (χ3v) is 6.37. The number of hydrogen-bond acceptors (Lipinski definition) is 6. The van der Waals surface area contributed by atoms with Crippen molar-refractivity contribution in [3.63, 3.8) is 0 Å². The highest BCUT2D eigenvalue weighted by Gasteiger charge is 2.23. The van der Waals surface area contributed by atoms with Crippen molar-refractivity contribution in [3.8, 4) is 34.8 Å². The Morgan fingerprint density at radius 1 is 0.656 bits per heavy atom. The van der Waals surface area contributed by atoms with E-state index in [1.807, 2.05) is 12.1 Å². The van der Waals surface area contributed by atoms with Crippen LogP contribution in [0.1, 0.15) is 22.3 Å². The zero-order valence-corrected chi connectivity index (χ0v) is 19.5. The van der Waals surface area contributed by atoms with Crippen molar-refractivity contribution in [2.45, 2.75) is 25.9 Å². The summed E-state index contributed by atoms with van der Waals surface area (Å²) in [6.07, 6.45) is 1.90. The molecule has 2 aliphatic rings. The fourth-order valence-corrected chi connectivity index (χ4v) is 4.69. The van der Waals surface area contributed by atoms with Crippen LogP contribution in [0.25, 0.3) is 0 Å². The first kappa shape index (κ1) is 22.3. The van der Waals surface area contributed by atoms with Crippen LogP contribution in [0.15, 0.2) is 24.3 Å². The summed E-state index contributed by atoms with van der Waals surface area (Å²) >= 11 is 0. The molecule has 6 nitrogen and oxygen atoms in total. The Bertz CT molecular complexity index is 945. The van der Waals surface area contributed by atoms with E-state index in [1.165, 1.54) is 22.3 Å². The van der Waals surface area contributed by atoms with Gasteiger partial charge < -0.3 is 18.9 Å². The van der Waals surface area contributed by atoms with Crippen molar-refractivity contribution in [1.29, 1.82) is 0 Å². The lowest BCUT2D eigenvalue weighted by molar-refractivity contribution is 0.274. The number of rotatable bonds is 6. The molecule has 0 bridgehead atoms. The average molecular weight is 437 g/mol. The molecule has 0 aromatic heterocycles. The molecule has 2 heterocycles. The maximum absolute atomic E-state index is 5.60. The van der Waals surface area contributed by atoms with Crippen molar-refractivity contribution >= 4 is 0 Å². The summed E-state index contributed by atoms with van der Waals surface area (Å²) in [6, 6.07) is 8.27. The Hall–Kier alpha value is -2.88. The van der Waals surface area contributed by atoms with Gasteiger partial charge in [-0.2, -0.15) is 0 Å². The van der Waals surface area contributed by atoms with Gasteiger partial charge in [0, 0.05) is 37.3 Å². The minimum Gasteiger partial charge on any atom is -0.493 e. The van der Waals surface area contributed by atoms with E-state index in [4.69, 9.17) is 18.9 Å². The van der Waals surface area contributed by atoms with Gasteiger partial charge in [0.2, 0.25) is 0 Å². The van der Waals surface area contributed by atoms with Crippen molar-refractivity contribution < 1.29 is 18.9 Å². The highest BCUT2D eigenvalue weighted by atomic mass is 16.5. The number of ether oxygens (including phenoxy) is 4. The van der Waals surface area contributed by atoms with Crippen LogP contribution in [0.5, 0.6) is 23.0 Å². The molecule has 32 heavy (non-hydrogen) atoms. The Balaban J connectivity index is 1.33. The number of methoxy groups -OCH3 is 4. The van der Waals surface area contributed by atoms with Crippen LogP contribution in [0.2, 0.25) is 0 Å². The SMILES string of the molecule is COc1ccc2c(c1OC)CCN(CC#CCN1CCc3c(ccc(OC)c3OC)C1)C2. The Kier molecular flexibility index (Phi) is 7.09. The molecule has 0 spiro atoms. The van der Waals surface area contributed by atoms with Gasteiger partial charge in [-0.05, 0) is 36.1 Å². The van der Waals surface area contributed by atoms with Crippen molar-refractivity contribution in [2.75, 3.05) is 54.6 Å². The smallest absolute Gasteiger partial charge is 0.164 e. The van der Waals surface area contributed by atoms with E-state index in [1.54, 1.807) is 28.4 Å². The van der Waals surface area contributed by atoms with Crippen LogP contribution in [-0.2, 0) is 25.9 Å². The summed E-state index contributed by atoms with van der Waals surface area (Å²) in [6.45, 7) is 5.30. The number of fused-ring (bicyclic) bond motifs is 2. The molecule has 4 rings (SSSR count). The summed E-state index contributed by atoms with van der Waals surface area (Å²) in [7, 11) is 6.79. The molecule has 0 atom stereocenters. The first-order chi connectivity index (χ1) is 15.7. The van der Waals surface area contributed by atoms with E-state index in [9.17, 15) is 0 Å². The number of hydrogen-bond donors (Lipinski definition) is 0. The zero-order chi connectivity index (χ0) is 22.5. The maximum Gasteiger partial charge on any atom is 0.164 e. The highest BCUT2D eigenvalue weighted by molar-refractivity contribution is 5.52. The number of nitrogens with zero attached hydrogens (tertiary/aromatic N) is 2. The molecule has 0 fully saturated rings. The van der Waals surface area contributed by atoms with Crippen molar-refractivity contribution in [2.24, 2.45) is 0 Å². The Morgan fingerprint density at radius 3 is 1.47 bits per heavy atom. The molecule has 0 saturated carbocycles. The normalized spacial score (nSPS) is 15.8. The molecule has 0 saturated heterocycles. The molecule has 0 radical (unpaired) electrons. The number of benzene rings is 2. The van der Waals surface area contributed by atoms with Crippen LogP contribution in [0, 0.1) is 11.8 Å². The molecular formula is C26H32N2O4. The predicted octanol–water partition coefficient (Wildman–Crippen LogP) is 3.14. The Labute approximate surface area is 191 Å². The van der Waals surface area contributed by atoms with Gasteiger partial charge in [0.1, 0.15) is 0 Å². The second-order valence-electron chi connectivity index (χ2n) is 8.15. The summed E-state index contributed by atoms with van der Waals surface area (Å²) in [4.78, 5) is 4.79. The predicted molar refractivity (Wildman–Crippen MR) is 125 cm³/mol. The van der Waals surface area contributed by atoms with E-state index in [-0.39, 0.29) is 0 Å². The summed E-state index contributed by atoms with van der Waals surface area (Å²) in [5.74, 6) is 10.1. The molecule has 6 heteroatoms. The second kappa shape index (κ2) is 10.2. The second-order valence-corrected chi connectivity index (χ2v) is 8.15. The fraction of sp³-hybridized carbons (Fsp3) is 0.462. The van der Waals surface area contributed by atoms with Gasteiger partial charge in [-0.15, -0.1) is 0 Å². The molecule has 2 aromatic carbocycles. The first-order valence-electron chi connectivity index (χ1n) is 11.0. The monoisotopic (exact) mass is 436 g/mol. The van der Waals surface area contributed by atoms with E-state index >= 15 is 0 Å². The zero-order valence-electron chi connectivity index (χ0n) is 19.5. The van der Waals surface area contributed by atoms with Gasteiger partial charge in [0.25, 0.3) is 0 Å². The van der Waals surface area contributed by atoms with E-state index in [2.05, 4.69) is 33.8 Å². The lowest BCUT2D eigenvalue weighted by atomic mass is 9.98. The van der Waals surface area contributed by atoms with Crippen LogP contribution in [0.3, 0.4) is 0 Å². The molecule has 0 unspecified atom stereocenters. The molecule has 2 aliphatic heterocycles. The molecule has 0 amide bonds. The third-order valence-electron chi connectivity index (χ3n) is 6.37. The van der Waals surface area contributed by atoms with Crippen molar-refractivity contribution in [1.82, 2.24) is 9.80 Å². The maximum atomic E-state index is 5.60.